The van der Waals surface area contributed by atoms with Crippen LogP contribution in [0.5, 0.6) is 0 Å². The molecule has 0 aromatic carbocycles. The largest absolute Gasteiger partial charge is 0.334 e. The van der Waals surface area contributed by atoms with Gasteiger partial charge in [-0.25, -0.2) is 4.98 Å². The molecule has 0 atom stereocenters. The van der Waals surface area contributed by atoms with Gasteiger partial charge in [-0.05, 0) is 44.4 Å². The first-order valence-corrected chi connectivity index (χ1v) is 6.30. The molecule has 15 heavy (non-hydrogen) atoms. The molecule has 0 unspecified atom stereocenters. The van der Waals surface area contributed by atoms with Gasteiger partial charge in [0.25, 0.3) is 0 Å². The SMILES string of the molecule is CC(C)CCCn1cnc2c1CCCC2. The van der Waals surface area contributed by atoms with Crippen LogP contribution in [0.2, 0.25) is 0 Å². The maximum absolute atomic E-state index is 4.52. The number of aryl methyl sites for hydroxylation is 2. The smallest absolute Gasteiger partial charge is 0.0951 e. The standard InChI is InChI=1S/C13H22N2/c1-11(2)6-5-9-15-10-14-12-7-3-4-8-13(12)15/h10-11H,3-9H2,1-2H3. The quantitative estimate of drug-likeness (QED) is 0.739. The zero-order chi connectivity index (χ0) is 10.7. The van der Waals surface area contributed by atoms with Gasteiger partial charge in [0.2, 0.25) is 0 Å². The second-order valence-corrected chi connectivity index (χ2v) is 5.07. The van der Waals surface area contributed by atoms with Crippen molar-refractivity contribution in [3.05, 3.63) is 17.7 Å². The van der Waals surface area contributed by atoms with Crippen LogP contribution in [0.25, 0.3) is 0 Å². The fraction of sp³-hybridized carbons (Fsp3) is 0.769. The summed E-state index contributed by atoms with van der Waals surface area (Å²) >= 11 is 0. The molecule has 1 aromatic heterocycles. The lowest BCUT2D eigenvalue weighted by Gasteiger charge is -2.14. The number of aromatic nitrogens is 2. The molecule has 1 aliphatic carbocycles. The molecular formula is C13H22N2. The van der Waals surface area contributed by atoms with Gasteiger partial charge in [-0.1, -0.05) is 13.8 Å². The minimum absolute atomic E-state index is 0.823. The molecule has 0 aliphatic heterocycles. The minimum Gasteiger partial charge on any atom is -0.334 e. The van der Waals surface area contributed by atoms with E-state index in [1.165, 1.54) is 56.5 Å². The van der Waals surface area contributed by atoms with Crippen molar-refractivity contribution < 1.29 is 0 Å². The van der Waals surface area contributed by atoms with Crippen molar-refractivity contribution in [3.8, 4) is 0 Å². The molecule has 0 N–H and O–H groups in total. The highest BCUT2D eigenvalue weighted by Gasteiger charge is 2.14. The summed E-state index contributed by atoms with van der Waals surface area (Å²) in [5.41, 5.74) is 2.89. The van der Waals surface area contributed by atoms with Gasteiger partial charge in [0, 0.05) is 12.2 Å². The molecule has 0 bridgehead atoms. The average Bonchev–Trinajstić information content (AvgIpc) is 2.62. The van der Waals surface area contributed by atoms with Gasteiger partial charge >= 0.3 is 0 Å². The molecular weight excluding hydrogens is 184 g/mol. The van der Waals surface area contributed by atoms with Crippen LogP contribution in [0.3, 0.4) is 0 Å². The van der Waals surface area contributed by atoms with Gasteiger partial charge in [-0.15, -0.1) is 0 Å². The monoisotopic (exact) mass is 206 g/mol. The van der Waals surface area contributed by atoms with Gasteiger partial charge in [0.1, 0.15) is 0 Å². The first kappa shape index (κ1) is 10.7. The van der Waals surface area contributed by atoms with E-state index >= 15 is 0 Å². The Bertz CT molecular complexity index is 312. The highest BCUT2D eigenvalue weighted by molar-refractivity contribution is 5.16. The second-order valence-electron chi connectivity index (χ2n) is 5.07. The summed E-state index contributed by atoms with van der Waals surface area (Å²) in [4.78, 5) is 4.52. The molecule has 1 heterocycles. The predicted octanol–water partition coefficient (Wildman–Crippen LogP) is 3.20. The van der Waals surface area contributed by atoms with Crippen LogP contribution in [-0.4, -0.2) is 9.55 Å². The number of rotatable bonds is 4. The molecule has 0 amide bonds. The van der Waals surface area contributed by atoms with Gasteiger partial charge in [0.15, 0.2) is 0 Å². The molecule has 2 nitrogen and oxygen atoms in total. The first-order valence-electron chi connectivity index (χ1n) is 6.30. The van der Waals surface area contributed by atoms with Gasteiger partial charge in [-0.3, -0.25) is 0 Å². The normalized spacial score (nSPS) is 15.7. The third-order valence-electron chi connectivity index (χ3n) is 3.29. The highest BCUT2D eigenvalue weighted by atomic mass is 15.1. The highest BCUT2D eigenvalue weighted by Crippen LogP contribution is 2.20. The maximum atomic E-state index is 4.52. The fourth-order valence-corrected chi connectivity index (χ4v) is 2.39. The Morgan fingerprint density at radius 2 is 2.13 bits per heavy atom. The summed E-state index contributed by atoms with van der Waals surface area (Å²) in [6.07, 6.45) is 9.80. The summed E-state index contributed by atoms with van der Waals surface area (Å²) in [6, 6.07) is 0. The van der Waals surface area contributed by atoms with E-state index in [1.807, 2.05) is 0 Å². The van der Waals surface area contributed by atoms with Crippen molar-refractivity contribution in [3.63, 3.8) is 0 Å². The Labute approximate surface area is 92.7 Å². The molecule has 1 aliphatic rings. The number of imidazole rings is 1. The fourth-order valence-electron chi connectivity index (χ4n) is 2.39. The Morgan fingerprint density at radius 1 is 1.33 bits per heavy atom. The van der Waals surface area contributed by atoms with Gasteiger partial charge in [-0.2, -0.15) is 0 Å². The molecule has 1 aromatic rings. The van der Waals surface area contributed by atoms with E-state index in [4.69, 9.17) is 0 Å². The lowest BCUT2D eigenvalue weighted by molar-refractivity contribution is 0.499. The van der Waals surface area contributed by atoms with Crippen LogP contribution < -0.4 is 0 Å². The minimum atomic E-state index is 0.823. The second kappa shape index (κ2) is 4.82. The van der Waals surface area contributed by atoms with E-state index in [0.29, 0.717) is 0 Å². The van der Waals surface area contributed by atoms with E-state index in [-0.39, 0.29) is 0 Å². The molecule has 2 heteroatoms. The number of fused-ring (bicyclic) bond motifs is 1. The Balaban J connectivity index is 1.94. The Kier molecular flexibility index (Phi) is 3.45. The third-order valence-corrected chi connectivity index (χ3v) is 3.29. The number of hydrogen-bond donors (Lipinski definition) is 0. The van der Waals surface area contributed by atoms with Crippen molar-refractivity contribution in [2.75, 3.05) is 0 Å². The zero-order valence-electron chi connectivity index (χ0n) is 10.00. The maximum Gasteiger partial charge on any atom is 0.0951 e. The zero-order valence-corrected chi connectivity index (χ0v) is 10.00. The van der Waals surface area contributed by atoms with Gasteiger partial charge in [0.05, 0.1) is 12.0 Å². The van der Waals surface area contributed by atoms with E-state index in [1.54, 1.807) is 0 Å². The van der Waals surface area contributed by atoms with Crippen molar-refractivity contribution in [2.45, 2.75) is 58.9 Å². The topological polar surface area (TPSA) is 17.8 Å². The summed E-state index contributed by atoms with van der Waals surface area (Å²) in [5.74, 6) is 0.823. The first-order chi connectivity index (χ1) is 7.27. The summed E-state index contributed by atoms with van der Waals surface area (Å²) in [6.45, 7) is 5.76. The average molecular weight is 206 g/mol. The molecule has 0 fully saturated rings. The van der Waals surface area contributed by atoms with Crippen LogP contribution >= 0.6 is 0 Å². The molecule has 0 saturated carbocycles. The van der Waals surface area contributed by atoms with Crippen LogP contribution in [0.1, 0.15) is 50.9 Å². The molecule has 0 spiro atoms. The van der Waals surface area contributed by atoms with Gasteiger partial charge < -0.3 is 4.57 Å². The lowest BCUT2D eigenvalue weighted by Crippen LogP contribution is -2.08. The Morgan fingerprint density at radius 3 is 2.93 bits per heavy atom. The van der Waals surface area contributed by atoms with Crippen LogP contribution in [-0.2, 0) is 19.4 Å². The molecule has 0 radical (unpaired) electrons. The van der Waals surface area contributed by atoms with Crippen molar-refractivity contribution in [1.29, 1.82) is 0 Å². The predicted molar refractivity (Wildman–Crippen MR) is 62.9 cm³/mol. The summed E-state index contributed by atoms with van der Waals surface area (Å²) in [7, 11) is 0. The molecule has 0 saturated heterocycles. The summed E-state index contributed by atoms with van der Waals surface area (Å²) in [5, 5.41) is 0. The van der Waals surface area contributed by atoms with Crippen LogP contribution in [0, 0.1) is 5.92 Å². The lowest BCUT2D eigenvalue weighted by atomic mass is 10.0. The Hall–Kier alpha value is -0.790. The number of nitrogens with zero attached hydrogens (tertiary/aromatic N) is 2. The van der Waals surface area contributed by atoms with Crippen molar-refractivity contribution in [2.24, 2.45) is 5.92 Å². The molecule has 2 rings (SSSR count). The van der Waals surface area contributed by atoms with Crippen molar-refractivity contribution >= 4 is 0 Å². The molecule has 84 valence electrons. The van der Waals surface area contributed by atoms with Crippen molar-refractivity contribution in [1.82, 2.24) is 9.55 Å². The van der Waals surface area contributed by atoms with Crippen LogP contribution in [0.15, 0.2) is 6.33 Å². The summed E-state index contributed by atoms with van der Waals surface area (Å²) < 4.78 is 2.39. The van der Waals surface area contributed by atoms with Crippen LogP contribution in [0.4, 0.5) is 0 Å². The van der Waals surface area contributed by atoms with E-state index in [2.05, 4.69) is 29.7 Å². The van der Waals surface area contributed by atoms with E-state index < -0.39 is 0 Å². The third kappa shape index (κ3) is 2.61. The van der Waals surface area contributed by atoms with E-state index in [9.17, 15) is 0 Å². The number of hydrogen-bond acceptors (Lipinski definition) is 1. The van der Waals surface area contributed by atoms with E-state index in [0.717, 1.165) is 5.92 Å².